The van der Waals surface area contributed by atoms with E-state index >= 15 is 0 Å². The number of hydrogen-bond acceptors (Lipinski definition) is 3. The van der Waals surface area contributed by atoms with Crippen LogP contribution < -0.4 is 5.73 Å². The Morgan fingerprint density at radius 2 is 2.22 bits per heavy atom. The number of hydrogen-bond donors (Lipinski definition) is 1. The first kappa shape index (κ1) is 14.1. The molecular formula is C14H23BrN2O. The van der Waals surface area contributed by atoms with Gasteiger partial charge in [0.25, 0.3) is 0 Å². The van der Waals surface area contributed by atoms with Crippen molar-refractivity contribution in [1.82, 2.24) is 4.90 Å². The van der Waals surface area contributed by atoms with Crippen molar-refractivity contribution in [2.45, 2.75) is 39.3 Å². The third kappa shape index (κ3) is 2.65. The average molecular weight is 315 g/mol. The molecule has 18 heavy (non-hydrogen) atoms. The van der Waals surface area contributed by atoms with E-state index in [0.29, 0.717) is 18.5 Å². The molecule has 3 nitrogen and oxygen atoms in total. The van der Waals surface area contributed by atoms with Gasteiger partial charge in [-0.15, -0.1) is 0 Å². The summed E-state index contributed by atoms with van der Waals surface area (Å²) in [5.74, 6) is 2.39. The molecule has 0 bridgehead atoms. The molecule has 1 saturated heterocycles. The first-order valence-corrected chi connectivity index (χ1v) is 7.52. The van der Waals surface area contributed by atoms with Gasteiger partial charge in [0.2, 0.25) is 0 Å². The van der Waals surface area contributed by atoms with Crippen molar-refractivity contribution in [3.8, 4) is 0 Å². The Hall–Kier alpha value is -0.320. The van der Waals surface area contributed by atoms with Crippen LogP contribution in [-0.4, -0.2) is 24.0 Å². The summed E-state index contributed by atoms with van der Waals surface area (Å²) in [6.07, 6.45) is 3.03. The van der Waals surface area contributed by atoms with Gasteiger partial charge in [-0.25, -0.2) is 0 Å². The van der Waals surface area contributed by atoms with Crippen LogP contribution in [0.3, 0.4) is 0 Å². The molecule has 4 heteroatoms. The summed E-state index contributed by atoms with van der Waals surface area (Å²) in [6.45, 7) is 8.64. The van der Waals surface area contributed by atoms with Crippen LogP contribution in [0.2, 0.25) is 0 Å². The van der Waals surface area contributed by atoms with Crippen LogP contribution in [0.4, 0.5) is 0 Å². The standard InChI is InChI=1S/C14H23BrN2O/c1-9-6-10(2)11(3)17(8-9)13(7-16)14-12(15)4-5-18-14/h4-5,9-11,13H,6-8,16H2,1-3H3. The van der Waals surface area contributed by atoms with E-state index in [4.69, 9.17) is 10.2 Å². The first-order chi connectivity index (χ1) is 8.54. The third-order valence-corrected chi connectivity index (χ3v) is 4.87. The van der Waals surface area contributed by atoms with E-state index in [1.807, 2.05) is 6.07 Å². The zero-order chi connectivity index (χ0) is 13.3. The number of furan rings is 1. The fourth-order valence-electron chi connectivity index (χ4n) is 3.11. The Kier molecular flexibility index (Phi) is 4.51. The first-order valence-electron chi connectivity index (χ1n) is 6.73. The highest BCUT2D eigenvalue weighted by Gasteiger charge is 2.35. The van der Waals surface area contributed by atoms with Crippen LogP contribution in [0.15, 0.2) is 21.2 Å². The van der Waals surface area contributed by atoms with Gasteiger partial charge in [-0.3, -0.25) is 4.90 Å². The lowest BCUT2D eigenvalue weighted by Gasteiger charge is -2.44. The number of halogens is 1. The van der Waals surface area contributed by atoms with Gasteiger partial charge in [0, 0.05) is 19.1 Å². The molecule has 102 valence electrons. The monoisotopic (exact) mass is 314 g/mol. The lowest BCUT2D eigenvalue weighted by Crippen LogP contribution is -2.49. The highest BCUT2D eigenvalue weighted by molar-refractivity contribution is 9.10. The Morgan fingerprint density at radius 1 is 1.50 bits per heavy atom. The van der Waals surface area contributed by atoms with Gasteiger partial charge in [0.05, 0.1) is 16.8 Å². The van der Waals surface area contributed by atoms with Crippen LogP contribution >= 0.6 is 15.9 Å². The van der Waals surface area contributed by atoms with Gasteiger partial charge in [0.15, 0.2) is 0 Å². The predicted octanol–water partition coefficient (Wildman–Crippen LogP) is 3.41. The quantitative estimate of drug-likeness (QED) is 0.929. The summed E-state index contributed by atoms with van der Waals surface area (Å²) in [5, 5.41) is 0. The number of likely N-dealkylation sites (tertiary alicyclic amines) is 1. The molecule has 0 spiro atoms. The Balaban J connectivity index is 2.24. The van der Waals surface area contributed by atoms with Gasteiger partial charge >= 0.3 is 0 Å². The van der Waals surface area contributed by atoms with E-state index in [0.717, 1.165) is 22.7 Å². The summed E-state index contributed by atoms with van der Waals surface area (Å²) in [7, 11) is 0. The summed E-state index contributed by atoms with van der Waals surface area (Å²) in [6, 6.07) is 2.67. The van der Waals surface area contributed by atoms with Gasteiger partial charge in [-0.1, -0.05) is 13.8 Å². The molecule has 1 aromatic rings. The second-order valence-electron chi connectivity index (χ2n) is 5.64. The second kappa shape index (κ2) is 5.76. The molecule has 4 atom stereocenters. The van der Waals surface area contributed by atoms with Crippen molar-refractivity contribution in [2.24, 2.45) is 17.6 Å². The number of piperidine rings is 1. The molecule has 1 aromatic heterocycles. The molecule has 1 aliphatic heterocycles. The number of rotatable bonds is 3. The topological polar surface area (TPSA) is 42.4 Å². The van der Waals surface area contributed by atoms with Crippen molar-refractivity contribution < 1.29 is 4.42 Å². The molecule has 0 aliphatic carbocycles. The molecule has 2 rings (SSSR count). The SMILES string of the molecule is CC1CC(C)C(C)N(C(CN)c2occc2Br)C1. The number of nitrogens with zero attached hydrogens (tertiary/aromatic N) is 1. The summed E-state index contributed by atoms with van der Waals surface area (Å²) < 4.78 is 6.64. The van der Waals surface area contributed by atoms with Crippen LogP contribution in [0.25, 0.3) is 0 Å². The highest BCUT2D eigenvalue weighted by atomic mass is 79.9. The predicted molar refractivity (Wildman–Crippen MR) is 77.3 cm³/mol. The fraction of sp³-hybridized carbons (Fsp3) is 0.714. The van der Waals surface area contributed by atoms with Gasteiger partial charge in [0.1, 0.15) is 5.76 Å². The summed E-state index contributed by atoms with van der Waals surface area (Å²) >= 11 is 3.55. The Bertz CT molecular complexity index is 393. The maximum atomic E-state index is 5.99. The van der Waals surface area contributed by atoms with E-state index < -0.39 is 0 Å². The minimum atomic E-state index is 0.176. The maximum Gasteiger partial charge on any atom is 0.136 e. The molecule has 2 N–H and O–H groups in total. The van der Waals surface area contributed by atoms with Crippen LogP contribution in [0, 0.1) is 11.8 Å². The van der Waals surface area contributed by atoms with Gasteiger partial charge in [-0.05, 0) is 47.2 Å². The van der Waals surface area contributed by atoms with E-state index in [9.17, 15) is 0 Å². The second-order valence-corrected chi connectivity index (χ2v) is 6.49. The molecule has 0 amide bonds. The zero-order valence-corrected chi connectivity index (χ0v) is 13.0. The third-order valence-electron chi connectivity index (χ3n) is 4.21. The molecule has 0 aromatic carbocycles. The smallest absolute Gasteiger partial charge is 0.136 e. The molecule has 4 unspecified atom stereocenters. The minimum Gasteiger partial charge on any atom is -0.466 e. The largest absolute Gasteiger partial charge is 0.466 e. The van der Waals surface area contributed by atoms with Crippen LogP contribution in [0.5, 0.6) is 0 Å². The normalized spacial score (nSPS) is 31.5. The lowest BCUT2D eigenvalue weighted by molar-refractivity contribution is 0.0342. The van der Waals surface area contributed by atoms with Crippen molar-refractivity contribution in [2.75, 3.05) is 13.1 Å². The Labute approximate surface area is 118 Å². The van der Waals surface area contributed by atoms with Crippen molar-refractivity contribution in [3.05, 3.63) is 22.6 Å². The van der Waals surface area contributed by atoms with E-state index in [1.165, 1.54) is 6.42 Å². The van der Waals surface area contributed by atoms with Crippen molar-refractivity contribution in [3.63, 3.8) is 0 Å². The van der Waals surface area contributed by atoms with Gasteiger partial charge in [-0.2, -0.15) is 0 Å². The van der Waals surface area contributed by atoms with Crippen molar-refractivity contribution >= 4 is 15.9 Å². The molecule has 0 radical (unpaired) electrons. The Morgan fingerprint density at radius 3 is 2.78 bits per heavy atom. The maximum absolute atomic E-state index is 5.99. The molecule has 1 fully saturated rings. The molecule has 2 heterocycles. The lowest BCUT2D eigenvalue weighted by atomic mass is 9.84. The van der Waals surface area contributed by atoms with Crippen LogP contribution in [0.1, 0.15) is 39.0 Å². The fourth-order valence-corrected chi connectivity index (χ4v) is 3.57. The number of nitrogens with two attached hydrogens (primary N) is 1. The van der Waals surface area contributed by atoms with Gasteiger partial charge < -0.3 is 10.2 Å². The average Bonchev–Trinajstić information content (AvgIpc) is 2.73. The van der Waals surface area contributed by atoms with Crippen molar-refractivity contribution in [1.29, 1.82) is 0 Å². The van der Waals surface area contributed by atoms with E-state index in [2.05, 4.69) is 41.6 Å². The van der Waals surface area contributed by atoms with Crippen LogP contribution in [-0.2, 0) is 0 Å². The molecule has 0 saturated carbocycles. The summed E-state index contributed by atoms with van der Waals surface area (Å²) in [4.78, 5) is 2.50. The molecule has 1 aliphatic rings. The molecular weight excluding hydrogens is 292 g/mol. The summed E-state index contributed by atoms with van der Waals surface area (Å²) in [5.41, 5.74) is 5.99. The zero-order valence-electron chi connectivity index (χ0n) is 11.4. The van der Waals surface area contributed by atoms with E-state index in [-0.39, 0.29) is 6.04 Å². The highest BCUT2D eigenvalue weighted by Crippen LogP contribution is 2.36. The minimum absolute atomic E-state index is 0.176. The van der Waals surface area contributed by atoms with E-state index in [1.54, 1.807) is 6.26 Å².